The lowest BCUT2D eigenvalue weighted by Gasteiger charge is -2.48. The van der Waals surface area contributed by atoms with Crippen LogP contribution in [0.25, 0.3) is 0 Å². The minimum atomic E-state index is -0.575. The van der Waals surface area contributed by atoms with Crippen molar-refractivity contribution in [1.29, 1.82) is 0 Å². The highest BCUT2D eigenvalue weighted by molar-refractivity contribution is 5.51. The van der Waals surface area contributed by atoms with Crippen LogP contribution in [0.5, 0.6) is 0 Å². The highest BCUT2D eigenvalue weighted by atomic mass is 15.2. The fourth-order valence-corrected chi connectivity index (χ4v) is 9.26. The van der Waals surface area contributed by atoms with E-state index >= 15 is 0 Å². The van der Waals surface area contributed by atoms with Crippen LogP contribution in [0.15, 0.2) is 206 Å². The molecule has 0 aliphatic heterocycles. The van der Waals surface area contributed by atoms with Crippen molar-refractivity contribution >= 4 is 0 Å². The van der Waals surface area contributed by atoms with Crippen molar-refractivity contribution in [1.82, 2.24) is 20.5 Å². The summed E-state index contributed by atoms with van der Waals surface area (Å²) in [7, 11) is 0. The Kier molecular flexibility index (Phi) is 11.6. The SMILES string of the molecule is CCN(Cc1ccccn1)C1C[C@@H](NC(c2ccccc2)(c2ccccc2)c2ccccc2)C[C@@H](NC(c2ccccc2)(c2ccccc2)c2ccccc2)C1. The minimum absolute atomic E-state index is 0.157. The van der Waals surface area contributed by atoms with E-state index in [-0.39, 0.29) is 12.1 Å². The molecule has 56 heavy (non-hydrogen) atoms. The molecule has 1 fully saturated rings. The van der Waals surface area contributed by atoms with E-state index in [1.165, 1.54) is 33.4 Å². The van der Waals surface area contributed by atoms with Crippen molar-refractivity contribution in [3.63, 3.8) is 0 Å². The molecule has 1 aliphatic carbocycles. The molecule has 0 saturated heterocycles. The van der Waals surface area contributed by atoms with Crippen molar-refractivity contribution in [3.8, 4) is 0 Å². The van der Waals surface area contributed by atoms with Crippen molar-refractivity contribution in [2.75, 3.05) is 6.54 Å². The maximum Gasteiger partial charge on any atom is 0.0950 e. The molecule has 1 saturated carbocycles. The molecule has 4 heteroatoms. The number of nitrogens with one attached hydrogen (secondary N) is 2. The van der Waals surface area contributed by atoms with Gasteiger partial charge in [-0.3, -0.25) is 20.5 Å². The van der Waals surface area contributed by atoms with Crippen LogP contribution in [0.4, 0.5) is 0 Å². The van der Waals surface area contributed by atoms with Crippen molar-refractivity contribution in [3.05, 3.63) is 245 Å². The topological polar surface area (TPSA) is 40.2 Å². The smallest absolute Gasteiger partial charge is 0.0950 e. The number of hydrogen-bond acceptors (Lipinski definition) is 4. The van der Waals surface area contributed by atoms with Crippen LogP contribution in [-0.4, -0.2) is 34.6 Å². The molecule has 6 aromatic carbocycles. The van der Waals surface area contributed by atoms with E-state index in [1.807, 2.05) is 12.3 Å². The maximum absolute atomic E-state index is 4.78. The van der Waals surface area contributed by atoms with Crippen LogP contribution in [0.1, 0.15) is 65.3 Å². The number of pyridine rings is 1. The van der Waals surface area contributed by atoms with Crippen LogP contribution in [0, 0.1) is 0 Å². The number of rotatable bonds is 14. The third-order valence-corrected chi connectivity index (χ3v) is 11.8. The Hall–Kier alpha value is -5.65. The lowest BCUT2D eigenvalue weighted by Crippen LogP contribution is -2.59. The van der Waals surface area contributed by atoms with Gasteiger partial charge in [-0.25, -0.2) is 0 Å². The van der Waals surface area contributed by atoms with Gasteiger partial charge in [0, 0.05) is 30.9 Å². The van der Waals surface area contributed by atoms with Crippen molar-refractivity contribution in [2.24, 2.45) is 0 Å². The van der Waals surface area contributed by atoms with Gasteiger partial charge in [0.15, 0.2) is 0 Å². The zero-order chi connectivity index (χ0) is 38.0. The Morgan fingerprint density at radius 3 is 1.05 bits per heavy atom. The van der Waals surface area contributed by atoms with Crippen LogP contribution >= 0.6 is 0 Å². The average Bonchev–Trinajstić information content (AvgIpc) is 3.28. The number of benzene rings is 6. The molecular weight excluding hydrogens is 681 g/mol. The predicted octanol–water partition coefficient (Wildman–Crippen LogP) is 10.4. The molecule has 1 heterocycles. The van der Waals surface area contributed by atoms with Gasteiger partial charge in [0.2, 0.25) is 0 Å². The minimum Gasteiger partial charge on any atom is -0.297 e. The molecule has 280 valence electrons. The van der Waals surface area contributed by atoms with Gasteiger partial charge in [-0.05, 0) is 71.3 Å². The summed E-state index contributed by atoms with van der Waals surface area (Å²) < 4.78 is 0. The first-order chi connectivity index (χ1) is 27.7. The number of nitrogens with zero attached hydrogens (tertiary/aromatic N) is 2. The molecule has 0 spiro atoms. The van der Waals surface area contributed by atoms with Gasteiger partial charge in [-0.2, -0.15) is 0 Å². The second-order valence-corrected chi connectivity index (χ2v) is 15.1. The zero-order valence-corrected chi connectivity index (χ0v) is 32.3. The normalized spacial score (nSPS) is 17.4. The van der Waals surface area contributed by atoms with Crippen LogP contribution in [-0.2, 0) is 17.6 Å². The van der Waals surface area contributed by atoms with E-state index in [9.17, 15) is 0 Å². The third kappa shape index (κ3) is 7.74. The summed E-state index contributed by atoms with van der Waals surface area (Å²) in [6.07, 6.45) is 4.87. The highest BCUT2D eigenvalue weighted by Crippen LogP contribution is 2.42. The highest BCUT2D eigenvalue weighted by Gasteiger charge is 2.44. The Balaban J connectivity index is 1.27. The van der Waals surface area contributed by atoms with Crippen molar-refractivity contribution in [2.45, 2.75) is 61.9 Å². The molecule has 0 amide bonds. The van der Waals surface area contributed by atoms with Gasteiger partial charge in [0.05, 0.1) is 16.8 Å². The summed E-state index contributed by atoms with van der Waals surface area (Å²) in [4.78, 5) is 7.43. The molecule has 0 bridgehead atoms. The molecule has 1 aliphatic rings. The number of aromatic nitrogens is 1. The average molecular weight is 733 g/mol. The molecule has 2 N–H and O–H groups in total. The van der Waals surface area contributed by atoms with Crippen LogP contribution in [0.3, 0.4) is 0 Å². The lowest BCUT2D eigenvalue weighted by atomic mass is 9.73. The van der Waals surface area contributed by atoms with E-state index in [0.29, 0.717) is 6.04 Å². The van der Waals surface area contributed by atoms with Gasteiger partial charge in [-0.1, -0.05) is 195 Å². The summed E-state index contributed by atoms with van der Waals surface area (Å²) in [5.74, 6) is 0. The molecule has 1 aromatic heterocycles. The van der Waals surface area contributed by atoms with Gasteiger partial charge in [0.25, 0.3) is 0 Å². The molecule has 7 aromatic rings. The fraction of sp³-hybridized carbons (Fsp3) is 0.212. The summed E-state index contributed by atoms with van der Waals surface area (Å²) >= 11 is 0. The first kappa shape index (κ1) is 37.3. The van der Waals surface area contributed by atoms with Crippen molar-refractivity contribution < 1.29 is 0 Å². The standard InChI is InChI=1S/C52H52N4/c1-2-56(40-47-35-21-22-36-53-47)50-38-48(54-51(41-23-9-3-10-24-41,42-25-11-4-12-26-42)43-27-13-5-14-28-43)37-49(39-50)55-52(44-29-15-6-16-30-44,45-31-17-7-18-32-45)46-33-19-8-20-34-46/h3-36,48-50,54-55H,2,37-40H2,1H3/t48-,49+,50?. The monoisotopic (exact) mass is 732 g/mol. The van der Waals surface area contributed by atoms with Crippen LogP contribution < -0.4 is 10.6 Å². The Labute approximate surface area is 333 Å². The molecule has 8 rings (SSSR count). The van der Waals surface area contributed by atoms with E-state index in [1.54, 1.807) is 0 Å². The molecule has 1 unspecified atom stereocenters. The van der Waals surface area contributed by atoms with Crippen LogP contribution in [0.2, 0.25) is 0 Å². The van der Waals surface area contributed by atoms with Gasteiger partial charge < -0.3 is 0 Å². The zero-order valence-electron chi connectivity index (χ0n) is 32.3. The Morgan fingerprint density at radius 2 is 0.768 bits per heavy atom. The summed E-state index contributed by atoms with van der Waals surface area (Å²) in [6.45, 7) is 4.04. The first-order valence-corrected chi connectivity index (χ1v) is 20.2. The summed E-state index contributed by atoms with van der Waals surface area (Å²) in [6, 6.07) is 73.1. The number of hydrogen-bond donors (Lipinski definition) is 2. The second kappa shape index (κ2) is 17.4. The quantitative estimate of drug-likeness (QED) is 0.109. The lowest BCUT2D eigenvalue weighted by molar-refractivity contribution is 0.106. The van der Waals surface area contributed by atoms with E-state index in [2.05, 4.69) is 217 Å². The largest absolute Gasteiger partial charge is 0.297 e. The molecule has 0 radical (unpaired) electrons. The predicted molar refractivity (Wildman–Crippen MR) is 230 cm³/mol. The summed E-state index contributed by atoms with van der Waals surface area (Å²) in [5.41, 5.74) is 7.36. The maximum atomic E-state index is 4.78. The Morgan fingerprint density at radius 1 is 0.446 bits per heavy atom. The third-order valence-electron chi connectivity index (χ3n) is 11.8. The molecule has 3 atom stereocenters. The Bertz CT molecular complexity index is 1870. The van der Waals surface area contributed by atoms with Gasteiger partial charge in [0.1, 0.15) is 0 Å². The van der Waals surface area contributed by atoms with E-state index in [0.717, 1.165) is 38.0 Å². The summed E-state index contributed by atoms with van der Waals surface area (Å²) in [5, 5.41) is 8.89. The van der Waals surface area contributed by atoms with E-state index in [4.69, 9.17) is 4.98 Å². The second-order valence-electron chi connectivity index (χ2n) is 15.1. The molecule has 4 nitrogen and oxygen atoms in total. The fourth-order valence-electron chi connectivity index (χ4n) is 9.26. The van der Waals surface area contributed by atoms with Gasteiger partial charge in [-0.15, -0.1) is 0 Å². The molecular formula is C52H52N4. The van der Waals surface area contributed by atoms with Gasteiger partial charge >= 0.3 is 0 Å². The van der Waals surface area contributed by atoms with E-state index < -0.39 is 11.1 Å². The first-order valence-electron chi connectivity index (χ1n) is 20.2.